The SMILES string of the molecule is CCOC(=O)C1=C(C)N=c2s/c(=C\c3ccc(-c4cccc(Cl)c4Cl)o3)c(=O)n2[C@H]1c1ccc(OC(C)C)cc1. The van der Waals surface area contributed by atoms with Crippen LogP contribution in [0.15, 0.2) is 80.1 Å². The zero-order valence-corrected chi connectivity index (χ0v) is 24.6. The highest BCUT2D eigenvalue weighted by atomic mass is 35.5. The van der Waals surface area contributed by atoms with Crippen molar-refractivity contribution in [3.05, 3.63) is 107 Å². The van der Waals surface area contributed by atoms with Crippen molar-refractivity contribution in [2.45, 2.75) is 39.8 Å². The molecule has 0 unspecified atom stereocenters. The Hall–Kier alpha value is -3.59. The monoisotopic (exact) mass is 596 g/mol. The number of esters is 1. The summed E-state index contributed by atoms with van der Waals surface area (Å²) >= 11 is 13.7. The van der Waals surface area contributed by atoms with Gasteiger partial charge in [-0.15, -0.1) is 0 Å². The van der Waals surface area contributed by atoms with Crippen LogP contribution < -0.4 is 19.6 Å². The van der Waals surface area contributed by atoms with Crippen molar-refractivity contribution >= 4 is 46.6 Å². The minimum atomic E-state index is -0.719. The first-order valence-corrected chi connectivity index (χ1v) is 14.3. The third-order valence-electron chi connectivity index (χ3n) is 6.20. The van der Waals surface area contributed by atoms with Gasteiger partial charge in [-0.1, -0.05) is 52.7 Å². The highest BCUT2D eigenvalue weighted by Gasteiger charge is 2.33. The number of aromatic nitrogens is 1. The molecule has 0 N–H and O–H groups in total. The first-order chi connectivity index (χ1) is 19.2. The average molecular weight is 598 g/mol. The average Bonchev–Trinajstić information content (AvgIpc) is 3.49. The highest BCUT2D eigenvalue weighted by molar-refractivity contribution is 7.07. The fraction of sp³-hybridized carbons (Fsp3) is 0.233. The molecular formula is C30H26Cl2N2O5S. The number of benzene rings is 2. The van der Waals surface area contributed by atoms with E-state index in [1.54, 1.807) is 44.2 Å². The number of fused-ring (bicyclic) bond motifs is 1. The number of ether oxygens (including phenoxy) is 2. The normalized spacial score (nSPS) is 15.3. The number of hydrogen-bond donors (Lipinski definition) is 0. The maximum atomic E-state index is 13.8. The summed E-state index contributed by atoms with van der Waals surface area (Å²) in [5.74, 6) is 1.16. The molecule has 5 rings (SSSR count). The molecule has 1 aliphatic heterocycles. The van der Waals surface area contributed by atoms with Crippen LogP contribution in [0.4, 0.5) is 0 Å². The van der Waals surface area contributed by atoms with Gasteiger partial charge in [0, 0.05) is 11.6 Å². The molecule has 0 aliphatic carbocycles. The lowest BCUT2D eigenvalue weighted by molar-refractivity contribution is -0.139. The van der Waals surface area contributed by atoms with Crippen LogP contribution >= 0.6 is 34.5 Å². The van der Waals surface area contributed by atoms with Crippen LogP contribution in [0.2, 0.25) is 10.0 Å². The molecule has 0 spiro atoms. The van der Waals surface area contributed by atoms with Gasteiger partial charge < -0.3 is 13.9 Å². The van der Waals surface area contributed by atoms with E-state index in [4.69, 9.17) is 37.1 Å². The lowest BCUT2D eigenvalue weighted by atomic mass is 9.96. The predicted molar refractivity (Wildman–Crippen MR) is 157 cm³/mol. The van der Waals surface area contributed by atoms with E-state index in [1.807, 2.05) is 44.2 Å². The van der Waals surface area contributed by atoms with Crippen LogP contribution in [-0.4, -0.2) is 23.2 Å². The third-order valence-corrected chi connectivity index (χ3v) is 8.00. The second-order valence-corrected chi connectivity index (χ2v) is 11.1. The number of furan rings is 1. The number of hydrogen-bond acceptors (Lipinski definition) is 7. The summed E-state index contributed by atoms with van der Waals surface area (Å²) in [6.07, 6.45) is 1.67. The fourth-order valence-electron chi connectivity index (χ4n) is 4.51. The molecule has 0 saturated carbocycles. The van der Waals surface area contributed by atoms with E-state index >= 15 is 0 Å². The molecule has 2 aromatic carbocycles. The van der Waals surface area contributed by atoms with Crippen molar-refractivity contribution in [3.8, 4) is 17.1 Å². The van der Waals surface area contributed by atoms with Crippen LogP contribution in [-0.2, 0) is 9.53 Å². The Bertz CT molecular complexity index is 1800. The van der Waals surface area contributed by atoms with Crippen LogP contribution in [0.1, 0.15) is 45.1 Å². The molecule has 40 heavy (non-hydrogen) atoms. The lowest BCUT2D eigenvalue weighted by Gasteiger charge is -2.25. The Balaban J connectivity index is 1.61. The maximum absolute atomic E-state index is 13.8. The smallest absolute Gasteiger partial charge is 0.338 e. The summed E-state index contributed by atoms with van der Waals surface area (Å²) in [6.45, 7) is 7.58. The van der Waals surface area contributed by atoms with E-state index in [-0.39, 0.29) is 18.3 Å². The van der Waals surface area contributed by atoms with Crippen molar-refractivity contribution in [2.75, 3.05) is 6.61 Å². The summed E-state index contributed by atoms with van der Waals surface area (Å²) in [6, 6.07) is 15.5. The fourth-order valence-corrected chi connectivity index (χ4v) is 5.93. The molecule has 3 heterocycles. The van der Waals surface area contributed by atoms with Crippen LogP contribution in [0, 0.1) is 0 Å². The van der Waals surface area contributed by atoms with Crippen molar-refractivity contribution in [3.63, 3.8) is 0 Å². The Morgan fingerprint density at radius 1 is 1.15 bits per heavy atom. The Labute approximate surface area is 244 Å². The van der Waals surface area contributed by atoms with Gasteiger partial charge in [0.2, 0.25) is 0 Å². The molecule has 206 valence electrons. The van der Waals surface area contributed by atoms with Gasteiger partial charge in [-0.05, 0) is 69.7 Å². The first kappa shape index (κ1) is 28.0. The Kier molecular flexibility index (Phi) is 8.03. The van der Waals surface area contributed by atoms with Crippen LogP contribution in [0.25, 0.3) is 17.4 Å². The number of nitrogens with zero attached hydrogens (tertiary/aromatic N) is 2. The second-order valence-electron chi connectivity index (χ2n) is 9.34. The van der Waals surface area contributed by atoms with Crippen molar-refractivity contribution < 1.29 is 18.7 Å². The van der Waals surface area contributed by atoms with E-state index in [9.17, 15) is 9.59 Å². The molecule has 10 heteroatoms. The summed E-state index contributed by atoms with van der Waals surface area (Å²) in [5.41, 5.74) is 1.89. The first-order valence-electron chi connectivity index (χ1n) is 12.7. The van der Waals surface area contributed by atoms with Gasteiger partial charge in [-0.25, -0.2) is 9.79 Å². The molecule has 0 saturated heterocycles. The standard InChI is InChI=1S/C30H26Cl2N2O5S/c1-5-37-29(36)25-17(4)33-30-34(27(25)18-9-11-19(12-10-18)38-16(2)3)28(35)24(40-30)15-20-13-14-23(39-20)21-7-6-8-22(31)26(21)32/h6-16,27H,5H2,1-4H3/b24-15-/t27-/m0/s1. The molecular weight excluding hydrogens is 571 g/mol. The predicted octanol–water partition coefficient (Wildman–Crippen LogP) is 6.15. The number of carbonyl (C=O) groups is 1. The molecule has 0 radical (unpaired) electrons. The second kappa shape index (κ2) is 11.5. The van der Waals surface area contributed by atoms with Crippen molar-refractivity contribution in [1.29, 1.82) is 0 Å². The summed E-state index contributed by atoms with van der Waals surface area (Å²) in [5, 5.41) is 0.804. The van der Waals surface area contributed by atoms with Crippen LogP contribution in [0.3, 0.4) is 0 Å². The molecule has 4 aromatic rings. The molecule has 2 aromatic heterocycles. The minimum absolute atomic E-state index is 0.0118. The quantitative estimate of drug-likeness (QED) is 0.239. The molecule has 1 atom stereocenters. The Morgan fingerprint density at radius 3 is 2.60 bits per heavy atom. The lowest BCUT2D eigenvalue weighted by Crippen LogP contribution is -2.39. The number of allylic oxidation sites excluding steroid dienone is 1. The van der Waals surface area contributed by atoms with Gasteiger partial charge in [-0.3, -0.25) is 9.36 Å². The van der Waals surface area contributed by atoms with E-state index in [0.717, 1.165) is 5.56 Å². The molecule has 0 bridgehead atoms. The van der Waals surface area contributed by atoms with Gasteiger partial charge in [0.15, 0.2) is 4.80 Å². The van der Waals surface area contributed by atoms with E-state index in [0.29, 0.717) is 53.5 Å². The number of halogens is 2. The molecule has 1 aliphatic rings. The zero-order chi connectivity index (χ0) is 28.6. The van der Waals surface area contributed by atoms with Gasteiger partial charge in [-0.2, -0.15) is 0 Å². The maximum Gasteiger partial charge on any atom is 0.338 e. The van der Waals surface area contributed by atoms with Crippen LogP contribution in [0.5, 0.6) is 5.75 Å². The van der Waals surface area contributed by atoms with E-state index in [1.165, 1.54) is 15.9 Å². The highest BCUT2D eigenvalue weighted by Crippen LogP contribution is 2.35. The number of rotatable bonds is 7. The summed E-state index contributed by atoms with van der Waals surface area (Å²) in [4.78, 5) is 32.0. The number of carbonyl (C=O) groups excluding carboxylic acids is 1. The van der Waals surface area contributed by atoms with Crippen molar-refractivity contribution in [2.24, 2.45) is 4.99 Å². The van der Waals surface area contributed by atoms with E-state index < -0.39 is 12.0 Å². The summed E-state index contributed by atoms with van der Waals surface area (Å²) in [7, 11) is 0. The molecule has 7 nitrogen and oxygen atoms in total. The molecule has 0 fully saturated rings. The topological polar surface area (TPSA) is 83.0 Å². The number of thiazole rings is 1. The largest absolute Gasteiger partial charge is 0.491 e. The zero-order valence-electron chi connectivity index (χ0n) is 22.2. The van der Waals surface area contributed by atoms with E-state index in [2.05, 4.69) is 4.99 Å². The van der Waals surface area contributed by atoms with Gasteiger partial charge in [0.1, 0.15) is 17.3 Å². The Morgan fingerprint density at radius 2 is 1.90 bits per heavy atom. The summed E-state index contributed by atoms with van der Waals surface area (Å²) < 4.78 is 19.1. The van der Waals surface area contributed by atoms with Gasteiger partial charge in [0.25, 0.3) is 5.56 Å². The van der Waals surface area contributed by atoms with Gasteiger partial charge in [0.05, 0.1) is 44.6 Å². The van der Waals surface area contributed by atoms with Gasteiger partial charge >= 0.3 is 5.97 Å². The molecule has 0 amide bonds. The minimum Gasteiger partial charge on any atom is -0.491 e. The third kappa shape index (κ3) is 5.39. The van der Waals surface area contributed by atoms with Crippen molar-refractivity contribution in [1.82, 2.24) is 4.57 Å².